The zero-order valence-corrected chi connectivity index (χ0v) is 17.7. The molecule has 0 saturated heterocycles. The Hall–Kier alpha value is -3.09. The van der Waals surface area contributed by atoms with Crippen LogP contribution < -0.4 is 9.62 Å². The predicted octanol–water partition coefficient (Wildman–Crippen LogP) is 4.20. The predicted molar refractivity (Wildman–Crippen MR) is 120 cm³/mol. The number of hydrogen-bond donors (Lipinski definition) is 1. The van der Waals surface area contributed by atoms with Gasteiger partial charge in [0.25, 0.3) is 15.9 Å². The lowest BCUT2D eigenvalue weighted by Crippen LogP contribution is -2.39. The highest BCUT2D eigenvalue weighted by Crippen LogP contribution is 2.41. The molecule has 4 rings (SSSR count). The molecule has 0 fully saturated rings. The van der Waals surface area contributed by atoms with Gasteiger partial charge in [-0.05, 0) is 23.3 Å². The normalized spacial score (nSPS) is 14.9. The Morgan fingerprint density at radius 2 is 1.57 bits per heavy atom. The Labute approximate surface area is 180 Å². The highest BCUT2D eigenvalue weighted by molar-refractivity contribution is 7.97. The van der Waals surface area contributed by atoms with E-state index in [1.807, 2.05) is 36.4 Å². The molecular formula is C23H19ClN2O3S. The van der Waals surface area contributed by atoms with Gasteiger partial charge in [0.05, 0.1) is 5.69 Å². The Morgan fingerprint density at radius 3 is 2.30 bits per heavy atom. The quantitative estimate of drug-likeness (QED) is 0.664. The van der Waals surface area contributed by atoms with Gasteiger partial charge in [-0.15, -0.1) is 0 Å². The average Bonchev–Trinajstić information content (AvgIpc) is 2.76. The summed E-state index contributed by atoms with van der Waals surface area (Å²) in [6.07, 6.45) is 0. The summed E-state index contributed by atoms with van der Waals surface area (Å²) < 4.78 is 27.9. The molecule has 1 aliphatic rings. The largest absolute Gasteiger partial charge is 0.347 e. The summed E-state index contributed by atoms with van der Waals surface area (Å²) >= 11 is 6.17. The number of carbonyl (C=O) groups is 1. The number of para-hydroxylation sites is 1. The van der Waals surface area contributed by atoms with Crippen LogP contribution in [0.3, 0.4) is 0 Å². The first-order chi connectivity index (χ1) is 14.4. The van der Waals surface area contributed by atoms with E-state index in [1.165, 1.54) is 7.05 Å². The maximum absolute atomic E-state index is 13.4. The number of rotatable bonds is 4. The van der Waals surface area contributed by atoms with Crippen molar-refractivity contribution in [3.05, 3.63) is 105 Å². The van der Waals surface area contributed by atoms with Gasteiger partial charge in [0.2, 0.25) is 0 Å². The fourth-order valence-corrected chi connectivity index (χ4v) is 5.18. The molecule has 152 valence electrons. The van der Waals surface area contributed by atoms with Crippen molar-refractivity contribution in [2.45, 2.75) is 6.54 Å². The van der Waals surface area contributed by atoms with Crippen molar-refractivity contribution in [1.82, 2.24) is 5.32 Å². The van der Waals surface area contributed by atoms with Crippen LogP contribution in [0.15, 0.2) is 83.8 Å². The third-order valence-corrected chi connectivity index (χ3v) is 7.22. The zero-order chi connectivity index (χ0) is 21.3. The molecule has 3 aromatic rings. The number of fused-ring (bicyclic) bond motifs is 1. The number of hydrogen-bond acceptors (Lipinski definition) is 3. The smallest absolute Gasteiger partial charge is 0.270 e. The maximum atomic E-state index is 13.4. The lowest BCUT2D eigenvalue weighted by atomic mass is 9.95. The van der Waals surface area contributed by atoms with Crippen molar-refractivity contribution in [2.75, 3.05) is 11.4 Å². The van der Waals surface area contributed by atoms with E-state index >= 15 is 0 Å². The van der Waals surface area contributed by atoms with Crippen LogP contribution in [0.1, 0.15) is 16.7 Å². The first kappa shape index (κ1) is 20.2. The summed E-state index contributed by atoms with van der Waals surface area (Å²) in [5.74, 6) is -0.671. The number of benzene rings is 3. The molecule has 0 radical (unpaired) electrons. The third-order valence-electron chi connectivity index (χ3n) is 5.02. The van der Waals surface area contributed by atoms with Crippen LogP contribution in [0.2, 0.25) is 5.02 Å². The summed E-state index contributed by atoms with van der Waals surface area (Å²) in [7, 11) is -2.60. The van der Waals surface area contributed by atoms with E-state index in [0.29, 0.717) is 33.0 Å². The molecule has 0 aromatic heterocycles. The van der Waals surface area contributed by atoms with Crippen LogP contribution in [0.4, 0.5) is 5.69 Å². The van der Waals surface area contributed by atoms with Crippen molar-refractivity contribution >= 4 is 38.8 Å². The minimum atomic E-state index is -4.06. The second-order valence-electron chi connectivity index (χ2n) is 6.83. The summed E-state index contributed by atoms with van der Waals surface area (Å²) in [5, 5.41) is 3.23. The van der Waals surface area contributed by atoms with Gasteiger partial charge in [-0.2, -0.15) is 0 Å². The fraction of sp³-hybridized carbons (Fsp3) is 0.0870. The molecule has 0 atom stereocenters. The maximum Gasteiger partial charge on any atom is 0.270 e. The monoisotopic (exact) mass is 438 g/mol. The molecule has 0 saturated carbocycles. The standard InChI is InChI=1S/C23H19ClN2O3S/c1-26-20-14-8-6-12-18(20)21(16-9-3-2-4-10-16)22(30(26,28)29)23(27)25-15-17-11-5-7-13-19(17)24/h2-14H,15H2,1H3,(H,25,27). The molecular weight excluding hydrogens is 420 g/mol. The van der Waals surface area contributed by atoms with Crippen molar-refractivity contribution < 1.29 is 13.2 Å². The van der Waals surface area contributed by atoms with E-state index in [1.54, 1.807) is 42.5 Å². The second-order valence-corrected chi connectivity index (χ2v) is 9.15. The molecule has 0 bridgehead atoms. The summed E-state index contributed by atoms with van der Waals surface area (Å²) in [6, 6.07) is 23.3. The van der Waals surface area contributed by atoms with Gasteiger partial charge < -0.3 is 5.32 Å². The molecule has 3 aromatic carbocycles. The van der Waals surface area contributed by atoms with Crippen LogP contribution in [0, 0.1) is 0 Å². The highest BCUT2D eigenvalue weighted by Gasteiger charge is 2.39. The number of anilines is 1. The van der Waals surface area contributed by atoms with E-state index in [9.17, 15) is 13.2 Å². The van der Waals surface area contributed by atoms with Crippen LogP contribution in [-0.4, -0.2) is 21.4 Å². The van der Waals surface area contributed by atoms with E-state index in [2.05, 4.69) is 5.32 Å². The molecule has 30 heavy (non-hydrogen) atoms. The van der Waals surface area contributed by atoms with Gasteiger partial charge in [-0.3, -0.25) is 9.10 Å². The van der Waals surface area contributed by atoms with Crippen molar-refractivity contribution in [1.29, 1.82) is 0 Å². The van der Waals surface area contributed by atoms with Crippen LogP contribution in [-0.2, 0) is 21.4 Å². The van der Waals surface area contributed by atoms with E-state index in [0.717, 1.165) is 4.31 Å². The molecule has 1 amide bonds. The number of nitrogens with zero attached hydrogens (tertiary/aromatic N) is 1. The number of sulfonamides is 1. The lowest BCUT2D eigenvalue weighted by Gasteiger charge is -2.30. The summed E-state index contributed by atoms with van der Waals surface area (Å²) in [6.45, 7) is 0.116. The second kappa shape index (κ2) is 7.97. The number of carbonyl (C=O) groups excluding carboxylic acids is 1. The first-order valence-corrected chi connectivity index (χ1v) is 11.1. The van der Waals surface area contributed by atoms with Crippen molar-refractivity contribution in [3.8, 4) is 0 Å². The van der Waals surface area contributed by atoms with E-state index in [4.69, 9.17) is 11.6 Å². The van der Waals surface area contributed by atoms with Gasteiger partial charge in [-0.25, -0.2) is 8.42 Å². The van der Waals surface area contributed by atoms with Crippen LogP contribution >= 0.6 is 11.6 Å². The Morgan fingerprint density at radius 1 is 0.933 bits per heavy atom. The lowest BCUT2D eigenvalue weighted by molar-refractivity contribution is -0.116. The molecule has 0 unspecified atom stereocenters. The minimum absolute atomic E-state index is 0.116. The molecule has 1 N–H and O–H groups in total. The van der Waals surface area contributed by atoms with Gasteiger partial charge >= 0.3 is 0 Å². The first-order valence-electron chi connectivity index (χ1n) is 9.31. The number of amides is 1. The highest BCUT2D eigenvalue weighted by atomic mass is 35.5. The molecule has 0 spiro atoms. The van der Waals surface area contributed by atoms with Crippen LogP contribution in [0.5, 0.6) is 0 Å². The SMILES string of the molecule is CN1c2ccccc2C(c2ccccc2)=C(C(=O)NCc2ccccc2Cl)S1(=O)=O. The summed E-state index contributed by atoms with van der Waals surface area (Å²) in [5.41, 5.74) is 2.96. The zero-order valence-electron chi connectivity index (χ0n) is 16.2. The Balaban J connectivity index is 1.87. The van der Waals surface area contributed by atoms with E-state index in [-0.39, 0.29) is 11.4 Å². The third kappa shape index (κ3) is 3.49. The van der Waals surface area contributed by atoms with Gasteiger partial charge in [0.15, 0.2) is 4.91 Å². The Bertz CT molecular complexity index is 1250. The Kier molecular flexibility index (Phi) is 5.37. The molecule has 7 heteroatoms. The number of halogens is 1. The fourth-order valence-electron chi connectivity index (χ4n) is 3.50. The van der Waals surface area contributed by atoms with Crippen LogP contribution in [0.25, 0.3) is 5.57 Å². The minimum Gasteiger partial charge on any atom is -0.347 e. The van der Waals surface area contributed by atoms with Gasteiger partial charge in [0.1, 0.15) is 0 Å². The average molecular weight is 439 g/mol. The summed E-state index contributed by atoms with van der Waals surface area (Å²) in [4.78, 5) is 12.9. The topological polar surface area (TPSA) is 66.5 Å². The molecule has 0 aliphatic carbocycles. The molecule has 5 nitrogen and oxygen atoms in total. The number of nitrogens with one attached hydrogen (secondary N) is 1. The van der Waals surface area contributed by atoms with Gasteiger partial charge in [-0.1, -0.05) is 78.3 Å². The van der Waals surface area contributed by atoms with Crippen molar-refractivity contribution in [2.24, 2.45) is 0 Å². The van der Waals surface area contributed by atoms with Gasteiger partial charge in [0, 0.05) is 29.8 Å². The molecule has 1 heterocycles. The van der Waals surface area contributed by atoms with E-state index < -0.39 is 15.9 Å². The molecule has 1 aliphatic heterocycles. The van der Waals surface area contributed by atoms with Crippen molar-refractivity contribution in [3.63, 3.8) is 0 Å².